The van der Waals surface area contributed by atoms with E-state index >= 15 is 0 Å². The first kappa shape index (κ1) is 46.6. The highest BCUT2D eigenvalue weighted by Gasteiger charge is 2.51. The van der Waals surface area contributed by atoms with Crippen LogP contribution < -0.4 is 4.74 Å². The molecule has 2 fully saturated rings. The molecule has 2 saturated heterocycles. The number of esters is 1. The average molecular weight is 803 g/mol. The standard InChI is InChI=1S/C43H70N4O10/c1-14-34-43(10,53)37(49)29(8)45(11)23-25(4)22-42(9,52)38(27(6)35(48)28(7)39(50)56-34)57-40-36(55-31-17-18-32-30(21-31)16-15-19-44-32)33(20-26(5)54-40)47(13)41(51)46(12)24(2)3/h15-19,21,24-29,33-38,40,48-49,52-53H,14,20,22-23H2,1-13H3/t25-,26-,27+,28-,29-,33+,34-,35+,36-,37-,38-,40+,42-,43-/m1/s1. The van der Waals surface area contributed by atoms with Crippen LogP contribution in [0.4, 0.5) is 4.79 Å². The van der Waals surface area contributed by atoms with Crippen LogP contribution in [0.5, 0.6) is 5.75 Å². The molecule has 0 aliphatic carbocycles. The van der Waals surface area contributed by atoms with Crippen molar-refractivity contribution in [2.75, 3.05) is 27.7 Å². The van der Waals surface area contributed by atoms with Gasteiger partial charge in [0.05, 0.1) is 41.4 Å². The van der Waals surface area contributed by atoms with E-state index < -0.39 is 84.0 Å². The SMILES string of the molecule is CC[C@H]1OC(=O)[C@H](C)[C@@H](O)[C@H](C)[C@@H](O[C@@H]2O[C@H](C)C[C@H](N(C)C(=O)N(C)C(C)C)[C@H]2Oc2ccc3ncccc3c2)[C@](C)(O)C[C@@H](C)CN(C)[C@H](C)[C@@H](O)[C@]1(C)O. The molecule has 0 radical (unpaired) electrons. The molecule has 2 amide bonds. The lowest BCUT2D eigenvalue weighted by Crippen LogP contribution is -2.62. The van der Waals surface area contributed by atoms with Gasteiger partial charge in [0.25, 0.3) is 0 Å². The van der Waals surface area contributed by atoms with Crippen molar-refractivity contribution in [3.63, 3.8) is 0 Å². The van der Waals surface area contributed by atoms with Gasteiger partial charge in [-0.2, -0.15) is 0 Å². The maximum Gasteiger partial charge on any atom is 0.320 e. The molecule has 0 bridgehead atoms. The van der Waals surface area contributed by atoms with E-state index in [0.29, 0.717) is 18.7 Å². The number of aliphatic hydroxyl groups excluding tert-OH is 2. The van der Waals surface area contributed by atoms with Crippen LogP contribution in [0.3, 0.4) is 0 Å². The number of aromatic nitrogens is 1. The Morgan fingerprint density at radius 1 is 1.09 bits per heavy atom. The van der Waals surface area contributed by atoms with Crippen molar-refractivity contribution in [2.45, 2.75) is 161 Å². The Morgan fingerprint density at radius 2 is 1.75 bits per heavy atom. The molecule has 14 heteroatoms. The second kappa shape index (κ2) is 18.9. The zero-order valence-electron chi connectivity index (χ0n) is 36.3. The summed E-state index contributed by atoms with van der Waals surface area (Å²) in [5.74, 6) is -2.42. The van der Waals surface area contributed by atoms with Crippen LogP contribution in [0.1, 0.15) is 88.5 Å². The molecule has 57 heavy (non-hydrogen) atoms. The van der Waals surface area contributed by atoms with Crippen LogP contribution in [0, 0.1) is 17.8 Å². The van der Waals surface area contributed by atoms with Crippen LogP contribution in [-0.2, 0) is 19.0 Å². The van der Waals surface area contributed by atoms with Gasteiger partial charge in [-0.1, -0.05) is 26.8 Å². The number of amides is 2. The molecule has 14 atom stereocenters. The number of carbonyl (C=O) groups is 2. The first-order chi connectivity index (χ1) is 26.5. The van der Waals surface area contributed by atoms with E-state index in [9.17, 15) is 30.0 Å². The lowest BCUT2D eigenvalue weighted by atomic mass is 9.78. The summed E-state index contributed by atoms with van der Waals surface area (Å²) in [4.78, 5) is 37.2. The maximum absolute atomic E-state index is 13.9. The van der Waals surface area contributed by atoms with E-state index in [1.165, 1.54) is 13.8 Å². The fourth-order valence-electron chi connectivity index (χ4n) is 8.62. The van der Waals surface area contributed by atoms with Crippen LogP contribution in [-0.4, -0.2) is 152 Å². The maximum atomic E-state index is 13.9. The van der Waals surface area contributed by atoms with E-state index in [1.54, 1.807) is 63.9 Å². The van der Waals surface area contributed by atoms with Gasteiger partial charge in [-0.25, -0.2) is 4.79 Å². The van der Waals surface area contributed by atoms with Gasteiger partial charge < -0.3 is 54.1 Å². The minimum atomic E-state index is -1.80. The number of rotatable bonds is 7. The minimum Gasteiger partial charge on any atom is -0.483 e. The smallest absolute Gasteiger partial charge is 0.320 e. The second-order valence-electron chi connectivity index (χ2n) is 17.7. The molecule has 0 unspecified atom stereocenters. The Balaban J connectivity index is 1.80. The average Bonchev–Trinajstić information content (AvgIpc) is 3.16. The summed E-state index contributed by atoms with van der Waals surface area (Å²) >= 11 is 0. The van der Waals surface area contributed by atoms with Gasteiger partial charge in [0, 0.05) is 50.2 Å². The van der Waals surface area contributed by atoms with E-state index in [2.05, 4.69) is 4.98 Å². The number of ether oxygens (including phenoxy) is 4. The summed E-state index contributed by atoms with van der Waals surface area (Å²) in [6.07, 6.45) is -4.75. The lowest BCUT2D eigenvalue weighted by Gasteiger charge is -2.48. The van der Waals surface area contributed by atoms with Gasteiger partial charge in [0.2, 0.25) is 0 Å². The first-order valence-corrected chi connectivity index (χ1v) is 20.5. The first-order valence-electron chi connectivity index (χ1n) is 20.5. The van der Waals surface area contributed by atoms with Crippen molar-refractivity contribution >= 4 is 22.9 Å². The number of fused-ring (bicyclic) bond motifs is 1. The minimum absolute atomic E-state index is 0.0669. The fourth-order valence-corrected chi connectivity index (χ4v) is 8.62. The number of cyclic esters (lactones) is 1. The third-order valence-corrected chi connectivity index (χ3v) is 12.5. The molecule has 4 N–H and O–H groups in total. The number of likely N-dealkylation sites (N-methyl/N-ethyl adjacent to an activating group) is 2. The summed E-state index contributed by atoms with van der Waals surface area (Å²) in [7, 11) is 5.32. The van der Waals surface area contributed by atoms with Crippen molar-refractivity contribution in [2.24, 2.45) is 17.8 Å². The van der Waals surface area contributed by atoms with Crippen LogP contribution in [0.25, 0.3) is 10.9 Å². The van der Waals surface area contributed by atoms with Crippen molar-refractivity contribution < 1.29 is 49.0 Å². The Morgan fingerprint density at radius 3 is 2.39 bits per heavy atom. The second-order valence-corrected chi connectivity index (χ2v) is 17.7. The van der Waals surface area contributed by atoms with Crippen molar-refractivity contribution in [3.8, 4) is 5.75 Å². The third kappa shape index (κ3) is 10.6. The Hall–Kier alpha value is -3.11. The summed E-state index contributed by atoms with van der Waals surface area (Å²) in [6.45, 7) is 18.1. The summed E-state index contributed by atoms with van der Waals surface area (Å²) in [5.41, 5.74) is -2.62. The molecule has 2 aliphatic rings. The number of urea groups is 1. The predicted molar refractivity (Wildman–Crippen MR) is 217 cm³/mol. The highest BCUT2D eigenvalue weighted by Crippen LogP contribution is 2.38. The van der Waals surface area contributed by atoms with E-state index in [0.717, 1.165) is 10.9 Å². The molecule has 14 nitrogen and oxygen atoms in total. The lowest BCUT2D eigenvalue weighted by molar-refractivity contribution is -0.294. The number of hydrogen-bond acceptors (Lipinski definition) is 12. The van der Waals surface area contributed by atoms with E-state index in [1.807, 2.05) is 63.9 Å². The Kier molecular flexibility index (Phi) is 15.4. The van der Waals surface area contributed by atoms with Crippen LogP contribution in [0.2, 0.25) is 0 Å². The molecule has 2 aromatic rings. The molecule has 4 rings (SSSR count). The molecule has 2 aliphatic heterocycles. The molecule has 1 aromatic carbocycles. The Labute approximate surface area is 339 Å². The van der Waals surface area contributed by atoms with Crippen LogP contribution >= 0.6 is 0 Å². The zero-order valence-corrected chi connectivity index (χ0v) is 36.3. The number of nitrogens with zero attached hydrogens (tertiary/aromatic N) is 4. The highest BCUT2D eigenvalue weighted by atomic mass is 16.7. The van der Waals surface area contributed by atoms with Crippen molar-refractivity contribution in [1.29, 1.82) is 0 Å². The number of carbonyl (C=O) groups excluding carboxylic acids is 2. The van der Waals surface area contributed by atoms with Gasteiger partial charge in [-0.15, -0.1) is 0 Å². The van der Waals surface area contributed by atoms with Gasteiger partial charge in [0.1, 0.15) is 23.6 Å². The van der Waals surface area contributed by atoms with Gasteiger partial charge in [-0.05, 0) is 105 Å². The number of aliphatic hydroxyl groups is 4. The summed E-state index contributed by atoms with van der Waals surface area (Å²) < 4.78 is 26.1. The fraction of sp³-hybridized carbons (Fsp3) is 0.744. The van der Waals surface area contributed by atoms with E-state index in [4.69, 9.17) is 18.9 Å². The zero-order chi connectivity index (χ0) is 42.7. The largest absolute Gasteiger partial charge is 0.483 e. The summed E-state index contributed by atoms with van der Waals surface area (Å²) in [6, 6.07) is 7.93. The summed E-state index contributed by atoms with van der Waals surface area (Å²) in [5, 5.41) is 48.3. The normalized spacial score (nSPS) is 37.9. The Bertz CT molecular complexity index is 1640. The van der Waals surface area contributed by atoms with Gasteiger partial charge in [-0.3, -0.25) is 9.78 Å². The third-order valence-electron chi connectivity index (χ3n) is 12.5. The van der Waals surface area contributed by atoms with E-state index in [-0.39, 0.29) is 30.8 Å². The molecule has 322 valence electrons. The predicted octanol–water partition coefficient (Wildman–Crippen LogP) is 4.44. The molecule has 0 spiro atoms. The molecule has 3 heterocycles. The molecule has 0 saturated carbocycles. The van der Waals surface area contributed by atoms with Crippen molar-refractivity contribution in [1.82, 2.24) is 19.7 Å². The quantitative estimate of drug-likeness (QED) is 0.291. The van der Waals surface area contributed by atoms with Crippen molar-refractivity contribution in [3.05, 3.63) is 36.5 Å². The highest BCUT2D eigenvalue weighted by molar-refractivity contribution is 5.79. The number of pyridine rings is 1. The molecular formula is C43H70N4O10. The van der Waals surface area contributed by atoms with Crippen LogP contribution in [0.15, 0.2) is 36.5 Å². The number of hydrogen-bond donors (Lipinski definition) is 4. The monoisotopic (exact) mass is 803 g/mol. The molecular weight excluding hydrogens is 732 g/mol. The van der Waals surface area contributed by atoms with Gasteiger partial charge >= 0.3 is 12.0 Å². The number of benzene rings is 1. The topological polar surface area (TPSA) is 175 Å². The van der Waals surface area contributed by atoms with Gasteiger partial charge in [0.15, 0.2) is 12.4 Å². The molecule has 1 aromatic heterocycles.